The van der Waals surface area contributed by atoms with Gasteiger partial charge in [-0.25, -0.2) is 9.78 Å². The Morgan fingerprint density at radius 1 is 1.58 bits per heavy atom. The van der Waals surface area contributed by atoms with Crippen molar-refractivity contribution in [3.8, 4) is 0 Å². The lowest BCUT2D eigenvalue weighted by molar-refractivity contribution is 0.0670. The second-order valence-corrected chi connectivity index (χ2v) is 4.23. The standard InChI is InChI=1S/C12H15N3O4/c1-19-6-8-2-4-15(5-3-8)11(16)9-10(12(17)18)14-7-13-9/h2,7H,3-6H2,1H3,(H,13,14)(H,17,18). The third-order valence-corrected chi connectivity index (χ3v) is 2.98. The molecule has 0 bridgehead atoms. The molecule has 0 atom stereocenters. The number of aromatic nitrogens is 2. The normalized spacial score (nSPS) is 15.2. The van der Waals surface area contributed by atoms with Crippen LogP contribution in [0.2, 0.25) is 0 Å². The zero-order valence-electron chi connectivity index (χ0n) is 10.5. The lowest BCUT2D eigenvalue weighted by atomic mass is 10.1. The molecule has 1 aromatic heterocycles. The Balaban J connectivity index is 2.09. The van der Waals surface area contributed by atoms with Crippen LogP contribution >= 0.6 is 0 Å². The summed E-state index contributed by atoms with van der Waals surface area (Å²) in [6.07, 6.45) is 3.87. The van der Waals surface area contributed by atoms with Gasteiger partial charge in [-0.1, -0.05) is 6.08 Å². The molecule has 19 heavy (non-hydrogen) atoms. The van der Waals surface area contributed by atoms with Gasteiger partial charge in [-0.05, 0) is 12.0 Å². The minimum Gasteiger partial charge on any atom is -0.477 e. The number of H-pyrrole nitrogens is 1. The van der Waals surface area contributed by atoms with Gasteiger partial charge < -0.3 is 19.7 Å². The number of rotatable bonds is 4. The van der Waals surface area contributed by atoms with Gasteiger partial charge in [0, 0.05) is 20.2 Å². The quantitative estimate of drug-likeness (QED) is 0.774. The molecule has 102 valence electrons. The van der Waals surface area contributed by atoms with Crippen molar-refractivity contribution in [2.24, 2.45) is 0 Å². The number of methoxy groups -OCH3 is 1. The topological polar surface area (TPSA) is 95.5 Å². The van der Waals surface area contributed by atoms with Crippen molar-refractivity contribution in [3.05, 3.63) is 29.4 Å². The first-order valence-corrected chi connectivity index (χ1v) is 5.86. The van der Waals surface area contributed by atoms with Gasteiger partial charge in [-0.2, -0.15) is 0 Å². The van der Waals surface area contributed by atoms with Crippen LogP contribution in [0, 0.1) is 0 Å². The van der Waals surface area contributed by atoms with Crippen LogP contribution in [0.4, 0.5) is 0 Å². The van der Waals surface area contributed by atoms with Crippen LogP contribution in [0.25, 0.3) is 0 Å². The molecule has 1 amide bonds. The molecule has 0 spiro atoms. The minimum atomic E-state index is -1.19. The second-order valence-electron chi connectivity index (χ2n) is 4.23. The van der Waals surface area contributed by atoms with E-state index in [1.54, 1.807) is 12.0 Å². The first kappa shape index (κ1) is 13.3. The highest BCUT2D eigenvalue weighted by Crippen LogP contribution is 2.14. The van der Waals surface area contributed by atoms with Gasteiger partial charge in [-0.15, -0.1) is 0 Å². The van der Waals surface area contributed by atoms with E-state index in [0.717, 1.165) is 12.0 Å². The number of nitrogens with one attached hydrogen (secondary N) is 1. The fourth-order valence-corrected chi connectivity index (χ4v) is 1.98. The molecular formula is C12H15N3O4. The SMILES string of the molecule is COCC1=CCN(C(=O)c2nc[nH]c2C(=O)O)CC1. The number of carboxylic acids is 1. The summed E-state index contributed by atoms with van der Waals surface area (Å²) in [6.45, 7) is 1.55. The Labute approximate surface area is 109 Å². The molecule has 2 N–H and O–H groups in total. The smallest absolute Gasteiger partial charge is 0.354 e. The van der Waals surface area contributed by atoms with Crippen molar-refractivity contribution in [1.82, 2.24) is 14.9 Å². The van der Waals surface area contributed by atoms with E-state index >= 15 is 0 Å². The minimum absolute atomic E-state index is 0.0453. The van der Waals surface area contributed by atoms with E-state index in [2.05, 4.69) is 9.97 Å². The molecule has 1 aliphatic heterocycles. The number of hydrogen-bond donors (Lipinski definition) is 2. The largest absolute Gasteiger partial charge is 0.477 e. The summed E-state index contributed by atoms with van der Waals surface area (Å²) in [4.78, 5) is 30.9. The van der Waals surface area contributed by atoms with Gasteiger partial charge in [0.1, 0.15) is 0 Å². The summed E-state index contributed by atoms with van der Waals surface area (Å²) >= 11 is 0. The molecule has 2 heterocycles. The molecule has 0 saturated carbocycles. The molecular weight excluding hydrogens is 250 g/mol. The van der Waals surface area contributed by atoms with Crippen molar-refractivity contribution in [2.75, 3.05) is 26.8 Å². The van der Waals surface area contributed by atoms with Gasteiger partial charge in [-0.3, -0.25) is 4.79 Å². The molecule has 7 heteroatoms. The average molecular weight is 265 g/mol. The molecule has 0 aromatic carbocycles. The Kier molecular flexibility index (Phi) is 3.96. The number of carboxylic acid groups (broad SMARTS) is 1. The van der Waals surface area contributed by atoms with Gasteiger partial charge >= 0.3 is 5.97 Å². The van der Waals surface area contributed by atoms with Gasteiger partial charge in [0.05, 0.1) is 12.9 Å². The third kappa shape index (κ3) is 2.82. The lowest BCUT2D eigenvalue weighted by Crippen LogP contribution is -2.36. The Morgan fingerprint density at radius 3 is 2.95 bits per heavy atom. The number of carbonyl (C=O) groups is 2. The van der Waals surface area contributed by atoms with Crippen LogP contribution in [0.3, 0.4) is 0 Å². The van der Waals surface area contributed by atoms with Crippen molar-refractivity contribution < 1.29 is 19.4 Å². The first-order chi connectivity index (χ1) is 9.13. The predicted octanol–water partition coefficient (Wildman–Crippen LogP) is 0.527. The molecule has 1 aromatic rings. The fourth-order valence-electron chi connectivity index (χ4n) is 1.98. The number of imidazole rings is 1. The highest BCUT2D eigenvalue weighted by Gasteiger charge is 2.25. The average Bonchev–Trinajstić information content (AvgIpc) is 2.88. The van der Waals surface area contributed by atoms with Crippen molar-refractivity contribution in [3.63, 3.8) is 0 Å². The summed E-state index contributed by atoms with van der Waals surface area (Å²) in [5, 5.41) is 8.94. The molecule has 2 rings (SSSR count). The van der Waals surface area contributed by atoms with Crippen molar-refractivity contribution in [1.29, 1.82) is 0 Å². The number of carbonyl (C=O) groups excluding carboxylic acids is 1. The highest BCUT2D eigenvalue weighted by atomic mass is 16.5. The maximum Gasteiger partial charge on any atom is 0.354 e. The molecule has 1 aliphatic rings. The second kappa shape index (κ2) is 5.66. The monoisotopic (exact) mass is 265 g/mol. The Morgan fingerprint density at radius 2 is 2.37 bits per heavy atom. The summed E-state index contributed by atoms with van der Waals surface area (Å²) in [6, 6.07) is 0. The first-order valence-electron chi connectivity index (χ1n) is 5.86. The van der Waals surface area contributed by atoms with E-state index in [4.69, 9.17) is 9.84 Å². The van der Waals surface area contributed by atoms with Crippen LogP contribution < -0.4 is 0 Å². The zero-order valence-corrected chi connectivity index (χ0v) is 10.5. The van der Waals surface area contributed by atoms with E-state index in [1.165, 1.54) is 6.33 Å². The third-order valence-electron chi connectivity index (χ3n) is 2.98. The molecule has 7 nitrogen and oxygen atoms in total. The fraction of sp³-hybridized carbons (Fsp3) is 0.417. The number of aromatic amines is 1. The van der Waals surface area contributed by atoms with Crippen LogP contribution in [0.1, 0.15) is 27.4 Å². The summed E-state index contributed by atoms with van der Waals surface area (Å²) in [5.41, 5.74) is 0.930. The maximum absolute atomic E-state index is 12.2. The van der Waals surface area contributed by atoms with E-state index in [1.807, 2.05) is 6.08 Å². The highest BCUT2D eigenvalue weighted by molar-refractivity contribution is 6.02. The van der Waals surface area contributed by atoms with Gasteiger partial charge in [0.2, 0.25) is 0 Å². The molecule has 0 fully saturated rings. The zero-order chi connectivity index (χ0) is 13.8. The number of hydrogen-bond acceptors (Lipinski definition) is 4. The van der Waals surface area contributed by atoms with Crippen molar-refractivity contribution in [2.45, 2.75) is 6.42 Å². The lowest BCUT2D eigenvalue weighted by Gasteiger charge is -2.25. The predicted molar refractivity (Wildman–Crippen MR) is 66.0 cm³/mol. The van der Waals surface area contributed by atoms with E-state index in [-0.39, 0.29) is 17.3 Å². The summed E-state index contributed by atoms with van der Waals surface area (Å²) in [5.74, 6) is -1.56. The maximum atomic E-state index is 12.2. The van der Waals surface area contributed by atoms with E-state index < -0.39 is 5.97 Å². The van der Waals surface area contributed by atoms with Gasteiger partial charge in [0.25, 0.3) is 5.91 Å². The van der Waals surface area contributed by atoms with Gasteiger partial charge in [0.15, 0.2) is 11.4 Å². The Bertz CT molecular complexity index is 521. The Hall–Kier alpha value is -2.15. The van der Waals surface area contributed by atoms with Crippen LogP contribution in [0.15, 0.2) is 18.0 Å². The van der Waals surface area contributed by atoms with Crippen LogP contribution in [0.5, 0.6) is 0 Å². The number of aromatic carboxylic acids is 1. The van der Waals surface area contributed by atoms with E-state index in [9.17, 15) is 9.59 Å². The molecule has 0 saturated heterocycles. The number of amides is 1. The van der Waals surface area contributed by atoms with Crippen LogP contribution in [-0.2, 0) is 4.74 Å². The number of ether oxygens (including phenoxy) is 1. The van der Waals surface area contributed by atoms with Crippen molar-refractivity contribution >= 4 is 11.9 Å². The summed E-state index contributed by atoms with van der Waals surface area (Å²) < 4.78 is 5.03. The molecule has 0 unspecified atom stereocenters. The number of nitrogens with zero attached hydrogens (tertiary/aromatic N) is 2. The van der Waals surface area contributed by atoms with Crippen LogP contribution in [-0.4, -0.2) is 58.7 Å². The van der Waals surface area contributed by atoms with E-state index in [0.29, 0.717) is 19.7 Å². The molecule has 0 aliphatic carbocycles. The molecule has 0 radical (unpaired) electrons. The summed E-state index contributed by atoms with van der Waals surface area (Å²) in [7, 11) is 1.63.